The number of hydrogen-bond acceptors (Lipinski definition) is 4. The minimum Gasteiger partial charge on any atom is -0.468 e. The lowest BCUT2D eigenvalue weighted by molar-refractivity contribution is -0.148. The number of carbonyl (C=O) groups excluding carboxylic acids is 1. The highest BCUT2D eigenvalue weighted by Gasteiger charge is 2.32. The van der Waals surface area contributed by atoms with Gasteiger partial charge in [0.25, 0.3) is 0 Å². The van der Waals surface area contributed by atoms with Crippen LogP contribution in [0.3, 0.4) is 0 Å². The van der Waals surface area contributed by atoms with Crippen LogP contribution in [0.4, 0.5) is 0 Å². The number of ether oxygens (including phenoxy) is 2. The van der Waals surface area contributed by atoms with Crippen molar-refractivity contribution in [1.29, 1.82) is 0 Å². The van der Waals surface area contributed by atoms with Gasteiger partial charge in [0, 0.05) is 6.61 Å². The third-order valence-corrected chi connectivity index (χ3v) is 2.24. The van der Waals surface area contributed by atoms with Crippen molar-refractivity contribution in [3.05, 3.63) is 0 Å². The average Bonchev–Trinajstić information content (AvgIpc) is 2.15. The predicted molar refractivity (Wildman–Crippen MR) is 55.2 cm³/mol. The highest BCUT2D eigenvalue weighted by Crippen LogP contribution is 2.11. The van der Waals surface area contributed by atoms with E-state index in [-0.39, 0.29) is 12.1 Å². The van der Waals surface area contributed by atoms with Crippen molar-refractivity contribution >= 4 is 5.97 Å². The monoisotopic (exact) mass is 203 g/mol. The van der Waals surface area contributed by atoms with Gasteiger partial charge in [-0.15, -0.1) is 0 Å². The van der Waals surface area contributed by atoms with Crippen LogP contribution >= 0.6 is 0 Å². The van der Waals surface area contributed by atoms with Crippen molar-refractivity contribution in [2.24, 2.45) is 0 Å². The van der Waals surface area contributed by atoms with Gasteiger partial charge < -0.3 is 14.8 Å². The van der Waals surface area contributed by atoms with Crippen molar-refractivity contribution in [3.63, 3.8) is 0 Å². The molecule has 14 heavy (non-hydrogen) atoms. The maximum Gasteiger partial charge on any atom is 0.325 e. The molecule has 0 amide bonds. The van der Waals surface area contributed by atoms with Crippen LogP contribution in [0.5, 0.6) is 0 Å². The second kappa shape index (κ2) is 5.98. The van der Waals surface area contributed by atoms with Crippen molar-refractivity contribution in [2.75, 3.05) is 20.8 Å². The van der Waals surface area contributed by atoms with Crippen molar-refractivity contribution in [2.45, 2.75) is 38.8 Å². The molecule has 84 valence electrons. The maximum absolute atomic E-state index is 11.4. The first kappa shape index (κ1) is 13.4. The fraction of sp³-hybridized carbons (Fsp3) is 0.900. The summed E-state index contributed by atoms with van der Waals surface area (Å²) < 4.78 is 10.1. The Balaban J connectivity index is 4.06. The standard InChI is InChI=1S/C10H21NO3/c1-8(2)14-7-6-10(3,11-4)9(12)13-5/h8,11H,6-7H2,1-5H3. The molecule has 0 saturated carbocycles. The zero-order chi connectivity index (χ0) is 11.2. The largest absolute Gasteiger partial charge is 0.468 e. The van der Waals surface area contributed by atoms with Crippen LogP contribution < -0.4 is 5.32 Å². The van der Waals surface area contributed by atoms with E-state index in [1.165, 1.54) is 7.11 Å². The first-order valence-electron chi connectivity index (χ1n) is 4.85. The van der Waals surface area contributed by atoms with Gasteiger partial charge in [0.2, 0.25) is 0 Å². The van der Waals surface area contributed by atoms with E-state index in [0.29, 0.717) is 13.0 Å². The Morgan fingerprint density at radius 1 is 1.50 bits per heavy atom. The molecular weight excluding hydrogens is 182 g/mol. The Kier molecular flexibility index (Phi) is 5.72. The average molecular weight is 203 g/mol. The summed E-state index contributed by atoms with van der Waals surface area (Å²) in [6.45, 7) is 6.29. The molecule has 0 spiro atoms. The highest BCUT2D eigenvalue weighted by molar-refractivity contribution is 5.80. The van der Waals surface area contributed by atoms with E-state index in [9.17, 15) is 4.79 Å². The molecule has 0 heterocycles. The zero-order valence-corrected chi connectivity index (χ0v) is 9.72. The Bertz CT molecular complexity index is 182. The molecule has 0 saturated heterocycles. The van der Waals surface area contributed by atoms with E-state index in [2.05, 4.69) is 5.32 Å². The molecule has 0 aromatic carbocycles. The molecule has 0 radical (unpaired) electrons. The first-order valence-corrected chi connectivity index (χ1v) is 4.85. The molecular formula is C10H21NO3. The van der Waals surface area contributed by atoms with Gasteiger partial charge in [-0.25, -0.2) is 0 Å². The molecule has 0 bridgehead atoms. The van der Waals surface area contributed by atoms with Crippen LogP contribution in [0.15, 0.2) is 0 Å². The van der Waals surface area contributed by atoms with Gasteiger partial charge in [0.15, 0.2) is 0 Å². The molecule has 0 fully saturated rings. The maximum atomic E-state index is 11.4. The summed E-state index contributed by atoms with van der Waals surface area (Å²) in [5.41, 5.74) is -0.649. The van der Waals surface area contributed by atoms with Crippen LogP contribution in [0, 0.1) is 0 Å². The molecule has 0 aromatic heterocycles. The van der Waals surface area contributed by atoms with Crippen LogP contribution in [0.1, 0.15) is 27.2 Å². The molecule has 1 N–H and O–H groups in total. The smallest absolute Gasteiger partial charge is 0.325 e. The minimum absolute atomic E-state index is 0.189. The van der Waals surface area contributed by atoms with Crippen molar-refractivity contribution < 1.29 is 14.3 Å². The molecule has 0 aliphatic heterocycles. The molecule has 4 nitrogen and oxygen atoms in total. The molecule has 0 aromatic rings. The normalized spacial score (nSPS) is 15.3. The topological polar surface area (TPSA) is 47.6 Å². The highest BCUT2D eigenvalue weighted by atomic mass is 16.5. The summed E-state index contributed by atoms with van der Waals surface area (Å²) in [6.07, 6.45) is 0.794. The van der Waals surface area contributed by atoms with E-state index in [1.807, 2.05) is 20.8 Å². The summed E-state index contributed by atoms with van der Waals surface area (Å²) in [5.74, 6) is -0.257. The van der Waals surface area contributed by atoms with Crippen LogP contribution in [-0.2, 0) is 14.3 Å². The lowest BCUT2D eigenvalue weighted by Crippen LogP contribution is -2.49. The number of nitrogens with one attached hydrogen (secondary N) is 1. The fourth-order valence-electron chi connectivity index (χ4n) is 1.05. The summed E-state index contributed by atoms with van der Waals surface area (Å²) >= 11 is 0. The Morgan fingerprint density at radius 2 is 2.07 bits per heavy atom. The summed E-state index contributed by atoms with van der Waals surface area (Å²) in [5, 5.41) is 2.95. The number of rotatable bonds is 6. The van der Waals surface area contributed by atoms with E-state index >= 15 is 0 Å². The lowest BCUT2D eigenvalue weighted by Gasteiger charge is -2.26. The molecule has 0 rings (SSSR count). The number of hydrogen-bond donors (Lipinski definition) is 1. The van der Waals surface area contributed by atoms with Gasteiger partial charge in [-0.3, -0.25) is 4.79 Å². The SMILES string of the molecule is CNC(C)(CCOC(C)C)C(=O)OC. The Labute approximate surface area is 86.0 Å². The summed E-state index contributed by atoms with van der Waals surface area (Å²) in [4.78, 5) is 11.4. The molecule has 4 heteroatoms. The Hall–Kier alpha value is -0.610. The second-order valence-electron chi connectivity index (χ2n) is 3.74. The number of methoxy groups -OCH3 is 1. The van der Waals surface area contributed by atoms with Gasteiger partial charge in [-0.2, -0.15) is 0 Å². The predicted octanol–water partition coefficient (Wildman–Crippen LogP) is 0.953. The van der Waals surface area contributed by atoms with Crippen LogP contribution in [0.25, 0.3) is 0 Å². The van der Waals surface area contributed by atoms with Gasteiger partial charge in [-0.05, 0) is 34.2 Å². The number of esters is 1. The summed E-state index contributed by atoms with van der Waals surface area (Å²) in [7, 11) is 3.13. The minimum atomic E-state index is -0.649. The first-order chi connectivity index (χ1) is 6.46. The van der Waals surface area contributed by atoms with Gasteiger partial charge in [-0.1, -0.05) is 0 Å². The van der Waals surface area contributed by atoms with E-state index in [1.54, 1.807) is 7.05 Å². The molecule has 0 aliphatic carbocycles. The summed E-state index contributed by atoms with van der Waals surface area (Å²) in [6, 6.07) is 0. The van der Waals surface area contributed by atoms with Crippen LogP contribution in [-0.4, -0.2) is 38.4 Å². The molecule has 0 aliphatic rings. The second-order valence-corrected chi connectivity index (χ2v) is 3.74. The number of carbonyl (C=O) groups is 1. The van der Waals surface area contributed by atoms with Crippen LogP contribution in [0.2, 0.25) is 0 Å². The molecule has 1 atom stereocenters. The van der Waals surface area contributed by atoms with E-state index in [0.717, 1.165) is 0 Å². The van der Waals surface area contributed by atoms with Gasteiger partial charge in [0.05, 0.1) is 13.2 Å². The van der Waals surface area contributed by atoms with E-state index < -0.39 is 5.54 Å². The van der Waals surface area contributed by atoms with Gasteiger partial charge in [0.1, 0.15) is 5.54 Å². The Morgan fingerprint density at radius 3 is 2.43 bits per heavy atom. The quantitative estimate of drug-likeness (QED) is 0.653. The number of likely N-dealkylation sites (N-methyl/N-ethyl adjacent to an activating group) is 1. The molecule has 1 unspecified atom stereocenters. The fourth-order valence-corrected chi connectivity index (χ4v) is 1.05. The van der Waals surface area contributed by atoms with E-state index in [4.69, 9.17) is 9.47 Å². The third-order valence-electron chi connectivity index (χ3n) is 2.24. The third kappa shape index (κ3) is 4.07. The van der Waals surface area contributed by atoms with Crippen molar-refractivity contribution in [1.82, 2.24) is 5.32 Å². The lowest BCUT2D eigenvalue weighted by atomic mass is 9.99. The van der Waals surface area contributed by atoms with Gasteiger partial charge >= 0.3 is 5.97 Å². The van der Waals surface area contributed by atoms with Crippen molar-refractivity contribution in [3.8, 4) is 0 Å². The zero-order valence-electron chi connectivity index (χ0n) is 9.72.